The summed E-state index contributed by atoms with van der Waals surface area (Å²) < 4.78 is 6.89. The summed E-state index contributed by atoms with van der Waals surface area (Å²) in [5, 5.41) is 3.33. The van der Waals surface area contributed by atoms with Crippen LogP contribution in [-0.4, -0.2) is 28.0 Å². The van der Waals surface area contributed by atoms with Crippen molar-refractivity contribution in [2.24, 2.45) is 0 Å². The van der Waals surface area contributed by atoms with Crippen LogP contribution in [0.3, 0.4) is 0 Å². The number of para-hydroxylation sites is 1. The maximum Gasteiger partial charge on any atom is 0.338 e. The first-order chi connectivity index (χ1) is 14.8. The fourth-order valence-corrected chi connectivity index (χ4v) is 3.94. The molecule has 1 aromatic heterocycles. The number of amides is 1. The zero-order chi connectivity index (χ0) is 22.1. The number of fused-ring (bicyclic) bond motifs is 2. The van der Waals surface area contributed by atoms with Crippen molar-refractivity contribution < 1.29 is 14.3 Å². The first-order valence-corrected chi connectivity index (χ1v) is 10.4. The third-order valence-electron chi connectivity index (χ3n) is 5.58. The Morgan fingerprint density at radius 2 is 2.03 bits per heavy atom. The van der Waals surface area contributed by atoms with Gasteiger partial charge in [0.05, 0.1) is 16.5 Å². The number of anilines is 1. The minimum Gasteiger partial charge on any atom is -0.452 e. The Kier molecular flexibility index (Phi) is 5.59. The van der Waals surface area contributed by atoms with E-state index in [0.29, 0.717) is 17.4 Å². The molecule has 0 saturated heterocycles. The van der Waals surface area contributed by atoms with Gasteiger partial charge >= 0.3 is 5.97 Å². The highest BCUT2D eigenvalue weighted by molar-refractivity contribution is 5.98. The standard InChI is InChI=1S/C24H25N3O4/c1-14(2)17-7-4-6-15(3)22(17)26-21(28)13-31-24(30)16-9-10-18-19(12-16)25-20-8-5-11-27(20)23(18)29/h4,6-7,9-10,12,14H,5,8,11,13H2,1-3H3,(H,26,28). The van der Waals surface area contributed by atoms with Crippen LogP contribution in [0.2, 0.25) is 0 Å². The minimum atomic E-state index is -0.631. The predicted octanol–water partition coefficient (Wildman–Crippen LogP) is 3.57. The maximum atomic E-state index is 12.5. The van der Waals surface area contributed by atoms with Gasteiger partial charge in [0.1, 0.15) is 5.82 Å². The summed E-state index contributed by atoms with van der Waals surface area (Å²) in [6.45, 7) is 6.31. The molecule has 1 amide bonds. The molecule has 160 valence electrons. The molecule has 31 heavy (non-hydrogen) atoms. The maximum absolute atomic E-state index is 12.5. The van der Waals surface area contributed by atoms with E-state index in [1.54, 1.807) is 16.7 Å². The summed E-state index contributed by atoms with van der Waals surface area (Å²) in [6.07, 6.45) is 1.64. The van der Waals surface area contributed by atoms with Gasteiger partial charge in [0, 0.05) is 18.7 Å². The molecule has 7 heteroatoms. The summed E-state index contributed by atoms with van der Waals surface area (Å²) >= 11 is 0. The van der Waals surface area contributed by atoms with Crippen LogP contribution in [0.25, 0.3) is 10.9 Å². The highest BCUT2D eigenvalue weighted by Crippen LogP contribution is 2.27. The van der Waals surface area contributed by atoms with Crippen molar-refractivity contribution in [1.29, 1.82) is 0 Å². The Hall–Kier alpha value is -3.48. The van der Waals surface area contributed by atoms with Gasteiger partial charge in [-0.1, -0.05) is 32.0 Å². The molecule has 0 spiro atoms. The summed E-state index contributed by atoms with van der Waals surface area (Å²) in [4.78, 5) is 42.0. The van der Waals surface area contributed by atoms with Crippen molar-refractivity contribution >= 4 is 28.5 Å². The second kappa shape index (κ2) is 8.34. The smallest absolute Gasteiger partial charge is 0.338 e. The van der Waals surface area contributed by atoms with Crippen molar-refractivity contribution in [3.05, 3.63) is 69.3 Å². The second-order valence-electron chi connectivity index (χ2n) is 8.14. The number of aromatic nitrogens is 2. The number of esters is 1. The molecular formula is C24H25N3O4. The number of aryl methyl sites for hydroxylation is 2. The molecule has 2 heterocycles. The van der Waals surface area contributed by atoms with Gasteiger partial charge in [0.25, 0.3) is 11.5 Å². The molecule has 0 saturated carbocycles. The molecule has 3 aromatic rings. The monoisotopic (exact) mass is 419 g/mol. The van der Waals surface area contributed by atoms with Crippen LogP contribution in [0.4, 0.5) is 5.69 Å². The fourth-order valence-electron chi connectivity index (χ4n) is 3.94. The third-order valence-corrected chi connectivity index (χ3v) is 5.58. The lowest BCUT2D eigenvalue weighted by molar-refractivity contribution is -0.119. The number of carbonyl (C=O) groups is 2. The van der Waals surface area contributed by atoms with Gasteiger partial charge in [-0.05, 0) is 48.6 Å². The number of carbonyl (C=O) groups excluding carboxylic acids is 2. The molecule has 1 aliphatic heterocycles. The van der Waals surface area contributed by atoms with E-state index in [2.05, 4.69) is 24.1 Å². The van der Waals surface area contributed by atoms with Gasteiger partial charge in [-0.15, -0.1) is 0 Å². The molecule has 0 radical (unpaired) electrons. The highest BCUT2D eigenvalue weighted by Gasteiger charge is 2.18. The molecule has 7 nitrogen and oxygen atoms in total. The SMILES string of the molecule is Cc1cccc(C(C)C)c1NC(=O)COC(=O)c1ccc2c(=O)n3c(nc2c1)CCC3. The first kappa shape index (κ1) is 20.8. The lowest BCUT2D eigenvalue weighted by atomic mass is 9.98. The van der Waals surface area contributed by atoms with Gasteiger partial charge in [-0.3, -0.25) is 14.2 Å². The Labute approximate surface area is 180 Å². The number of benzene rings is 2. The molecule has 1 aliphatic rings. The number of hydrogen-bond acceptors (Lipinski definition) is 5. The largest absolute Gasteiger partial charge is 0.452 e. The van der Waals surface area contributed by atoms with Crippen molar-refractivity contribution in [2.45, 2.75) is 46.1 Å². The van der Waals surface area contributed by atoms with Crippen molar-refractivity contribution in [2.75, 3.05) is 11.9 Å². The van der Waals surface area contributed by atoms with Crippen LogP contribution in [0.1, 0.15) is 53.5 Å². The Bertz CT molecular complexity index is 1240. The molecule has 2 aromatic carbocycles. The quantitative estimate of drug-likeness (QED) is 0.639. The van der Waals surface area contributed by atoms with Gasteiger partial charge in [-0.25, -0.2) is 9.78 Å². The Morgan fingerprint density at radius 3 is 2.81 bits per heavy atom. The zero-order valence-corrected chi connectivity index (χ0v) is 17.9. The van der Waals surface area contributed by atoms with E-state index in [1.807, 2.05) is 25.1 Å². The summed E-state index contributed by atoms with van der Waals surface area (Å²) in [6, 6.07) is 10.5. The first-order valence-electron chi connectivity index (χ1n) is 10.4. The molecule has 0 aliphatic carbocycles. The summed E-state index contributed by atoms with van der Waals surface area (Å²) in [7, 11) is 0. The fraction of sp³-hybridized carbons (Fsp3) is 0.333. The molecule has 0 fully saturated rings. The minimum absolute atomic E-state index is 0.0871. The summed E-state index contributed by atoms with van der Waals surface area (Å²) in [5.74, 6) is -0.0530. The van der Waals surface area contributed by atoms with Gasteiger partial charge < -0.3 is 10.1 Å². The van der Waals surface area contributed by atoms with Crippen LogP contribution >= 0.6 is 0 Å². The number of rotatable bonds is 5. The predicted molar refractivity (Wildman–Crippen MR) is 119 cm³/mol. The van der Waals surface area contributed by atoms with E-state index in [0.717, 1.165) is 35.5 Å². The van der Waals surface area contributed by atoms with Crippen LogP contribution in [-0.2, 0) is 22.5 Å². The molecule has 4 rings (SSSR count). The molecule has 0 bridgehead atoms. The normalized spacial score (nSPS) is 12.8. The van der Waals surface area contributed by atoms with Crippen molar-refractivity contribution in [3.8, 4) is 0 Å². The topological polar surface area (TPSA) is 90.3 Å². The van der Waals surface area contributed by atoms with Gasteiger partial charge in [0.15, 0.2) is 6.61 Å². The number of nitrogens with one attached hydrogen (secondary N) is 1. The van der Waals surface area contributed by atoms with E-state index in [9.17, 15) is 14.4 Å². The van der Waals surface area contributed by atoms with E-state index in [1.165, 1.54) is 6.07 Å². The number of ether oxygens (including phenoxy) is 1. The highest BCUT2D eigenvalue weighted by atomic mass is 16.5. The lowest BCUT2D eigenvalue weighted by Crippen LogP contribution is -2.23. The van der Waals surface area contributed by atoms with Crippen LogP contribution in [0.15, 0.2) is 41.2 Å². The van der Waals surface area contributed by atoms with Crippen LogP contribution in [0.5, 0.6) is 0 Å². The third kappa shape index (κ3) is 4.08. The van der Waals surface area contributed by atoms with Gasteiger partial charge in [-0.2, -0.15) is 0 Å². The van der Waals surface area contributed by atoms with Crippen LogP contribution < -0.4 is 10.9 Å². The van der Waals surface area contributed by atoms with E-state index in [4.69, 9.17) is 4.74 Å². The summed E-state index contributed by atoms with van der Waals surface area (Å²) in [5.41, 5.74) is 3.37. The Morgan fingerprint density at radius 1 is 1.23 bits per heavy atom. The molecule has 0 atom stereocenters. The number of nitrogens with zero attached hydrogens (tertiary/aromatic N) is 2. The average Bonchev–Trinajstić information content (AvgIpc) is 3.22. The molecular weight excluding hydrogens is 394 g/mol. The zero-order valence-electron chi connectivity index (χ0n) is 17.9. The van der Waals surface area contributed by atoms with Gasteiger partial charge in [0.2, 0.25) is 0 Å². The lowest BCUT2D eigenvalue weighted by Gasteiger charge is -2.16. The van der Waals surface area contributed by atoms with Crippen molar-refractivity contribution in [3.63, 3.8) is 0 Å². The Balaban J connectivity index is 1.47. The van der Waals surface area contributed by atoms with Crippen LogP contribution in [0, 0.1) is 6.92 Å². The van der Waals surface area contributed by atoms with Crippen molar-refractivity contribution in [1.82, 2.24) is 9.55 Å². The number of hydrogen-bond donors (Lipinski definition) is 1. The molecule has 1 N–H and O–H groups in total. The van der Waals surface area contributed by atoms with E-state index >= 15 is 0 Å². The molecule has 0 unspecified atom stereocenters. The van der Waals surface area contributed by atoms with E-state index < -0.39 is 18.5 Å². The second-order valence-corrected chi connectivity index (χ2v) is 8.14. The average molecular weight is 419 g/mol. The van der Waals surface area contributed by atoms with E-state index in [-0.39, 0.29) is 17.0 Å².